The highest BCUT2D eigenvalue weighted by molar-refractivity contribution is 7.97. The first-order valence-corrected chi connectivity index (χ1v) is 9.49. The summed E-state index contributed by atoms with van der Waals surface area (Å²) in [5.41, 5.74) is 1.93. The summed E-state index contributed by atoms with van der Waals surface area (Å²) in [7, 11) is 0. The molecular weight excluding hydrogens is 328 g/mol. The number of amides is 1. The van der Waals surface area contributed by atoms with Gasteiger partial charge in [0.25, 0.3) is 0 Å². The van der Waals surface area contributed by atoms with Gasteiger partial charge in [-0.1, -0.05) is 12.1 Å². The van der Waals surface area contributed by atoms with Crippen molar-refractivity contribution >= 4 is 40.0 Å². The predicted molar refractivity (Wildman–Crippen MR) is 95.6 cm³/mol. The summed E-state index contributed by atoms with van der Waals surface area (Å²) in [5, 5.41) is 3.97. The topological polar surface area (TPSA) is 59.8 Å². The van der Waals surface area contributed by atoms with Crippen LogP contribution in [0.15, 0.2) is 30.5 Å². The largest absolute Gasteiger partial charge is 0.350 e. The minimum absolute atomic E-state index is 0.0124. The van der Waals surface area contributed by atoms with Crippen molar-refractivity contribution in [3.63, 3.8) is 0 Å². The van der Waals surface area contributed by atoms with Gasteiger partial charge in [0, 0.05) is 11.1 Å². The van der Waals surface area contributed by atoms with E-state index in [2.05, 4.69) is 15.3 Å². The van der Waals surface area contributed by atoms with E-state index in [-0.39, 0.29) is 12.5 Å². The molecule has 0 saturated carbocycles. The number of hydrogen-bond donors (Lipinski definition) is 1. The van der Waals surface area contributed by atoms with Gasteiger partial charge in [0.2, 0.25) is 5.91 Å². The van der Waals surface area contributed by atoms with Gasteiger partial charge in [-0.05, 0) is 25.3 Å². The van der Waals surface area contributed by atoms with Gasteiger partial charge in [-0.15, -0.1) is 11.3 Å². The maximum absolute atomic E-state index is 12.3. The lowest BCUT2D eigenvalue weighted by molar-refractivity contribution is -0.121. The number of carbonyl (C=O) groups is 1. The maximum Gasteiger partial charge on any atom is 0.240 e. The number of aryl methyl sites for hydroxylation is 1. The average molecular weight is 346 g/mol. The lowest BCUT2D eigenvalue weighted by Gasteiger charge is -2.09. The number of thioether (sulfide) groups is 1. The molecule has 5 nitrogen and oxygen atoms in total. The van der Waals surface area contributed by atoms with E-state index in [9.17, 15) is 4.79 Å². The van der Waals surface area contributed by atoms with Crippen molar-refractivity contribution in [1.29, 1.82) is 0 Å². The second-order valence-electron chi connectivity index (χ2n) is 5.16. The number of nitrogens with zero attached hydrogens (tertiary/aromatic N) is 3. The first-order valence-electron chi connectivity index (χ1n) is 7.28. The van der Waals surface area contributed by atoms with Gasteiger partial charge >= 0.3 is 0 Å². The fraction of sp³-hybridized carbons (Fsp3) is 0.312. The Balaban J connectivity index is 1.74. The number of hydrogen-bond acceptors (Lipinski definition) is 5. The molecule has 120 valence electrons. The molecule has 2 heterocycles. The molecule has 0 aliphatic rings. The molecule has 1 amide bonds. The van der Waals surface area contributed by atoms with Crippen LogP contribution in [0.2, 0.25) is 0 Å². The van der Waals surface area contributed by atoms with Crippen LogP contribution in [-0.2, 0) is 23.6 Å². The predicted octanol–water partition coefficient (Wildman–Crippen LogP) is 2.98. The molecule has 0 saturated heterocycles. The number of benzene rings is 1. The molecule has 3 rings (SSSR count). The van der Waals surface area contributed by atoms with E-state index >= 15 is 0 Å². The van der Waals surface area contributed by atoms with Crippen LogP contribution < -0.4 is 5.32 Å². The molecule has 3 aromatic rings. The molecule has 0 bridgehead atoms. The highest BCUT2D eigenvalue weighted by Crippen LogP contribution is 2.19. The van der Waals surface area contributed by atoms with E-state index in [0.717, 1.165) is 32.5 Å². The number of imidazole rings is 1. The van der Waals surface area contributed by atoms with Crippen molar-refractivity contribution in [3.8, 4) is 0 Å². The molecule has 1 N–H and O–H groups in total. The zero-order valence-electron chi connectivity index (χ0n) is 13.1. The summed E-state index contributed by atoms with van der Waals surface area (Å²) < 4.78 is 2.00. The number of nitrogens with one attached hydrogen (secondary N) is 1. The quantitative estimate of drug-likeness (QED) is 0.745. The van der Waals surface area contributed by atoms with Gasteiger partial charge in [-0.25, -0.2) is 9.97 Å². The third kappa shape index (κ3) is 3.73. The monoisotopic (exact) mass is 346 g/mol. The van der Waals surface area contributed by atoms with Crippen molar-refractivity contribution in [2.45, 2.75) is 25.8 Å². The molecule has 0 radical (unpaired) electrons. The van der Waals surface area contributed by atoms with Crippen LogP contribution in [-0.4, -0.2) is 26.7 Å². The van der Waals surface area contributed by atoms with Gasteiger partial charge in [0.1, 0.15) is 12.4 Å². The molecule has 23 heavy (non-hydrogen) atoms. The molecule has 0 aliphatic heterocycles. The summed E-state index contributed by atoms with van der Waals surface area (Å²) in [4.78, 5) is 22.2. The van der Waals surface area contributed by atoms with Crippen molar-refractivity contribution < 1.29 is 4.79 Å². The standard InChI is InChI=1S/C16H18N4OS2/c1-11-17-7-12(23-11)8-18-16(21)9-20-14-6-4-3-5-13(14)19-15(20)10-22-2/h3-7H,8-10H2,1-2H3,(H,18,21). The third-order valence-corrected chi connectivity index (χ3v) is 4.90. The molecule has 2 aromatic heterocycles. The van der Waals surface area contributed by atoms with Crippen LogP contribution in [0.25, 0.3) is 11.0 Å². The summed E-state index contributed by atoms with van der Waals surface area (Å²) in [6.07, 6.45) is 3.85. The van der Waals surface area contributed by atoms with Crippen LogP contribution in [0.3, 0.4) is 0 Å². The minimum atomic E-state index is -0.0124. The summed E-state index contributed by atoms with van der Waals surface area (Å²) >= 11 is 3.31. The Morgan fingerprint density at radius 2 is 2.22 bits per heavy atom. The van der Waals surface area contributed by atoms with Gasteiger partial charge in [0.15, 0.2) is 0 Å². The molecule has 1 aromatic carbocycles. The number of rotatable bonds is 6. The van der Waals surface area contributed by atoms with Gasteiger partial charge in [0.05, 0.1) is 28.3 Å². The Kier molecular flexibility index (Phi) is 4.97. The Labute approximate surface area is 143 Å². The molecular formula is C16H18N4OS2. The highest BCUT2D eigenvalue weighted by Gasteiger charge is 2.13. The van der Waals surface area contributed by atoms with Crippen LogP contribution in [0.5, 0.6) is 0 Å². The van der Waals surface area contributed by atoms with Crippen LogP contribution in [0, 0.1) is 6.92 Å². The Morgan fingerprint density at radius 3 is 2.96 bits per heavy atom. The average Bonchev–Trinajstić information content (AvgIpc) is 3.10. The molecule has 0 spiro atoms. The fourth-order valence-electron chi connectivity index (χ4n) is 2.41. The minimum Gasteiger partial charge on any atom is -0.350 e. The fourth-order valence-corrected chi connectivity index (χ4v) is 3.63. The van der Waals surface area contributed by atoms with E-state index in [4.69, 9.17) is 0 Å². The van der Waals surface area contributed by atoms with Gasteiger partial charge in [-0.3, -0.25) is 4.79 Å². The Hall–Kier alpha value is -1.86. The second kappa shape index (κ2) is 7.14. The number of thiazole rings is 1. The molecule has 0 atom stereocenters. The molecule has 0 aliphatic carbocycles. The summed E-state index contributed by atoms with van der Waals surface area (Å²) in [5.74, 6) is 1.71. The Morgan fingerprint density at radius 1 is 1.39 bits per heavy atom. The SMILES string of the molecule is CSCc1nc2ccccc2n1CC(=O)NCc1cnc(C)s1. The highest BCUT2D eigenvalue weighted by atomic mass is 32.2. The van der Waals surface area contributed by atoms with Crippen molar-refractivity contribution in [2.24, 2.45) is 0 Å². The van der Waals surface area contributed by atoms with E-state index in [1.807, 2.05) is 48.2 Å². The normalized spacial score (nSPS) is 11.0. The number of para-hydroxylation sites is 2. The van der Waals surface area contributed by atoms with E-state index in [1.165, 1.54) is 0 Å². The lowest BCUT2D eigenvalue weighted by Crippen LogP contribution is -2.27. The first kappa shape index (κ1) is 16.0. The third-order valence-electron chi connectivity index (χ3n) is 3.44. The van der Waals surface area contributed by atoms with Crippen LogP contribution in [0.1, 0.15) is 15.7 Å². The Bertz CT molecular complexity index is 824. The van der Waals surface area contributed by atoms with Gasteiger partial charge in [-0.2, -0.15) is 11.8 Å². The zero-order chi connectivity index (χ0) is 16.2. The number of fused-ring (bicyclic) bond motifs is 1. The van der Waals surface area contributed by atoms with Crippen molar-refractivity contribution in [2.75, 3.05) is 6.26 Å². The molecule has 7 heteroatoms. The van der Waals surface area contributed by atoms with E-state index in [0.29, 0.717) is 6.54 Å². The van der Waals surface area contributed by atoms with Crippen molar-refractivity contribution in [3.05, 3.63) is 46.2 Å². The van der Waals surface area contributed by atoms with Crippen LogP contribution >= 0.6 is 23.1 Å². The second-order valence-corrected chi connectivity index (χ2v) is 7.34. The number of aromatic nitrogens is 3. The van der Waals surface area contributed by atoms with Crippen LogP contribution in [0.4, 0.5) is 0 Å². The van der Waals surface area contributed by atoms with E-state index in [1.54, 1.807) is 23.1 Å². The number of carbonyl (C=O) groups excluding carboxylic acids is 1. The van der Waals surface area contributed by atoms with Crippen molar-refractivity contribution in [1.82, 2.24) is 19.9 Å². The zero-order valence-corrected chi connectivity index (χ0v) is 14.7. The van der Waals surface area contributed by atoms with E-state index < -0.39 is 0 Å². The first-order chi connectivity index (χ1) is 11.2. The maximum atomic E-state index is 12.3. The summed E-state index contributed by atoms with van der Waals surface area (Å²) in [6, 6.07) is 7.93. The molecule has 0 unspecified atom stereocenters. The molecule has 0 fully saturated rings. The van der Waals surface area contributed by atoms with Gasteiger partial charge < -0.3 is 9.88 Å². The smallest absolute Gasteiger partial charge is 0.240 e. The lowest BCUT2D eigenvalue weighted by atomic mass is 10.3. The summed E-state index contributed by atoms with van der Waals surface area (Å²) in [6.45, 7) is 2.77.